The smallest absolute Gasteiger partial charge is 0.325 e. The summed E-state index contributed by atoms with van der Waals surface area (Å²) in [5.74, 6) is -0.738. The van der Waals surface area contributed by atoms with E-state index in [0.29, 0.717) is 0 Å². The van der Waals surface area contributed by atoms with Gasteiger partial charge in [0.15, 0.2) is 0 Å². The van der Waals surface area contributed by atoms with E-state index in [2.05, 4.69) is 15.4 Å². The van der Waals surface area contributed by atoms with Crippen LogP contribution in [-0.4, -0.2) is 45.9 Å². The molecule has 4 N–H and O–H groups in total. The van der Waals surface area contributed by atoms with Gasteiger partial charge in [-0.3, -0.25) is 4.79 Å². The van der Waals surface area contributed by atoms with Gasteiger partial charge in [0.05, 0.1) is 12.4 Å². The topological polar surface area (TPSA) is 128 Å². The van der Waals surface area contributed by atoms with Gasteiger partial charge in [-0.15, -0.1) is 0 Å². The lowest BCUT2D eigenvalue weighted by molar-refractivity contribution is -0.141. The molecule has 0 saturated carbocycles. The highest BCUT2D eigenvalue weighted by Crippen LogP contribution is 1.83. The fourth-order valence-electron chi connectivity index (χ4n) is 0.902. The maximum absolute atomic E-state index is 11.1. The van der Waals surface area contributed by atoms with Crippen molar-refractivity contribution in [2.24, 2.45) is 5.14 Å². The number of nitrogens with one attached hydrogen (secondary N) is 2. The third-order valence-electron chi connectivity index (χ3n) is 1.59. The molecule has 0 unspecified atom stereocenters. The van der Waals surface area contributed by atoms with Crippen LogP contribution in [0, 0.1) is 0 Å². The Labute approximate surface area is 99.9 Å². The zero-order valence-electron chi connectivity index (χ0n) is 9.56. The molecule has 2 amide bonds. The Kier molecular flexibility index (Phi) is 7.22. The molecule has 9 heteroatoms. The fourth-order valence-corrected chi connectivity index (χ4v) is 1.45. The maximum Gasteiger partial charge on any atom is 0.325 e. The highest BCUT2D eigenvalue weighted by atomic mass is 32.2. The van der Waals surface area contributed by atoms with Crippen molar-refractivity contribution in [2.45, 2.75) is 13.3 Å². The predicted octanol–water partition coefficient (Wildman–Crippen LogP) is -1.47. The number of urea groups is 1. The van der Waals surface area contributed by atoms with E-state index in [0.717, 1.165) is 0 Å². The summed E-state index contributed by atoms with van der Waals surface area (Å²) in [7, 11) is -3.50. The van der Waals surface area contributed by atoms with Crippen LogP contribution in [0.2, 0.25) is 0 Å². The molecular weight excluding hydrogens is 250 g/mol. The van der Waals surface area contributed by atoms with Crippen molar-refractivity contribution < 1.29 is 22.7 Å². The lowest BCUT2D eigenvalue weighted by Gasteiger charge is -2.06. The number of carbonyl (C=O) groups is 2. The number of amides is 2. The summed E-state index contributed by atoms with van der Waals surface area (Å²) < 4.78 is 25.7. The fraction of sp³-hybridized carbons (Fsp3) is 0.750. The molecule has 0 aliphatic carbocycles. The van der Waals surface area contributed by atoms with Gasteiger partial charge in [-0.25, -0.2) is 18.4 Å². The van der Waals surface area contributed by atoms with E-state index in [1.807, 2.05) is 0 Å². The summed E-state index contributed by atoms with van der Waals surface area (Å²) in [4.78, 5) is 21.9. The van der Waals surface area contributed by atoms with E-state index in [1.54, 1.807) is 6.92 Å². The van der Waals surface area contributed by atoms with Gasteiger partial charge in [0, 0.05) is 6.54 Å². The second-order valence-electron chi connectivity index (χ2n) is 3.14. The molecule has 0 heterocycles. The van der Waals surface area contributed by atoms with Crippen molar-refractivity contribution in [1.29, 1.82) is 0 Å². The molecule has 0 rings (SSSR count). The summed E-state index contributed by atoms with van der Waals surface area (Å²) in [5.41, 5.74) is 0. The van der Waals surface area contributed by atoms with Crippen LogP contribution < -0.4 is 15.8 Å². The standard InChI is InChI=1S/C8H17N3O5S/c1-2-16-7(12)6-11-8(13)10-4-3-5-17(9,14)15/h2-6H2,1H3,(H2,9,14,15)(H2,10,11,13). The van der Waals surface area contributed by atoms with E-state index in [-0.39, 0.29) is 31.9 Å². The predicted molar refractivity (Wildman–Crippen MR) is 60.6 cm³/mol. The largest absolute Gasteiger partial charge is 0.465 e. The van der Waals surface area contributed by atoms with Gasteiger partial charge in [0.1, 0.15) is 6.54 Å². The summed E-state index contributed by atoms with van der Waals surface area (Å²) in [5, 5.41) is 9.40. The van der Waals surface area contributed by atoms with Crippen LogP contribution in [0.15, 0.2) is 0 Å². The first-order valence-electron chi connectivity index (χ1n) is 5.03. The van der Waals surface area contributed by atoms with E-state index < -0.39 is 22.0 Å². The maximum atomic E-state index is 11.1. The normalized spacial score (nSPS) is 10.7. The average Bonchev–Trinajstić information content (AvgIpc) is 2.21. The van der Waals surface area contributed by atoms with Gasteiger partial charge >= 0.3 is 12.0 Å². The molecule has 0 aromatic heterocycles. The number of sulfonamides is 1. The van der Waals surface area contributed by atoms with Gasteiger partial charge < -0.3 is 15.4 Å². The van der Waals surface area contributed by atoms with Crippen LogP contribution in [0.3, 0.4) is 0 Å². The molecule has 0 radical (unpaired) electrons. The van der Waals surface area contributed by atoms with Gasteiger partial charge in [-0.2, -0.15) is 0 Å². The second-order valence-corrected chi connectivity index (χ2v) is 4.87. The summed E-state index contributed by atoms with van der Waals surface area (Å²) >= 11 is 0. The van der Waals surface area contributed by atoms with E-state index >= 15 is 0 Å². The molecule has 0 atom stereocenters. The minimum atomic E-state index is -3.50. The van der Waals surface area contributed by atoms with Crippen molar-refractivity contribution in [1.82, 2.24) is 10.6 Å². The Morgan fingerprint density at radius 3 is 2.47 bits per heavy atom. The summed E-state index contributed by atoms with van der Waals surface area (Å²) in [6.45, 7) is 1.83. The molecule has 0 aliphatic heterocycles. The highest BCUT2D eigenvalue weighted by Gasteiger charge is 2.06. The number of rotatable bonds is 7. The number of nitrogens with two attached hydrogens (primary N) is 1. The molecule has 100 valence electrons. The second kappa shape index (κ2) is 7.85. The van der Waals surface area contributed by atoms with Crippen molar-refractivity contribution in [2.75, 3.05) is 25.4 Å². The van der Waals surface area contributed by atoms with Gasteiger partial charge in [0.25, 0.3) is 0 Å². The Balaban J connectivity index is 3.57. The third-order valence-corrected chi connectivity index (χ3v) is 2.45. The Bertz CT molecular complexity index is 354. The SMILES string of the molecule is CCOC(=O)CNC(=O)NCCCS(N)(=O)=O. The Morgan fingerprint density at radius 2 is 1.94 bits per heavy atom. The number of ether oxygens (including phenoxy) is 1. The first-order chi connectivity index (χ1) is 7.85. The van der Waals surface area contributed by atoms with E-state index in [1.165, 1.54) is 0 Å². The first-order valence-corrected chi connectivity index (χ1v) is 6.74. The van der Waals surface area contributed by atoms with Crippen molar-refractivity contribution in [3.8, 4) is 0 Å². The molecule has 0 saturated heterocycles. The monoisotopic (exact) mass is 267 g/mol. The number of primary sulfonamides is 1. The number of hydrogen-bond donors (Lipinski definition) is 3. The summed E-state index contributed by atoms with van der Waals surface area (Å²) in [6.07, 6.45) is 0.214. The minimum absolute atomic E-state index is 0.158. The number of esters is 1. The molecule has 0 bridgehead atoms. The van der Waals surface area contributed by atoms with E-state index in [4.69, 9.17) is 5.14 Å². The zero-order chi connectivity index (χ0) is 13.3. The molecule has 0 aromatic carbocycles. The van der Waals surface area contributed by atoms with Crippen LogP contribution >= 0.6 is 0 Å². The first kappa shape index (κ1) is 15.7. The number of hydrogen-bond acceptors (Lipinski definition) is 5. The van der Waals surface area contributed by atoms with Crippen LogP contribution in [0.4, 0.5) is 4.79 Å². The molecule has 17 heavy (non-hydrogen) atoms. The van der Waals surface area contributed by atoms with Crippen molar-refractivity contribution in [3.63, 3.8) is 0 Å². The van der Waals surface area contributed by atoms with Crippen LogP contribution in [0.5, 0.6) is 0 Å². The molecule has 0 fully saturated rings. The quantitative estimate of drug-likeness (QED) is 0.383. The van der Waals surface area contributed by atoms with Gasteiger partial charge in [-0.1, -0.05) is 0 Å². The van der Waals surface area contributed by atoms with Crippen molar-refractivity contribution >= 4 is 22.0 Å². The third kappa shape index (κ3) is 10.9. The van der Waals surface area contributed by atoms with Gasteiger partial charge in [-0.05, 0) is 13.3 Å². The summed E-state index contributed by atoms with van der Waals surface area (Å²) in [6, 6.07) is -0.563. The lowest BCUT2D eigenvalue weighted by atomic mass is 10.5. The minimum Gasteiger partial charge on any atom is -0.465 e. The van der Waals surface area contributed by atoms with Crippen molar-refractivity contribution in [3.05, 3.63) is 0 Å². The molecule has 0 spiro atoms. The van der Waals surface area contributed by atoms with Crippen LogP contribution in [-0.2, 0) is 19.6 Å². The number of carbonyl (C=O) groups excluding carboxylic acids is 2. The Hall–Kier alpha value is -1.35. The Morgan fingerprint density at radius 1 is 1.29 bits per heavy atom. The highest BCUT2D eigenvalue weighted by molar-refractivity contribution is 7.89. The molecule has 0 aliphatic rings. The average molecular weight is 267 g/mol. The molecule has 0 aromatic rings. The lowest BCUT2D eigenvalue weighted by Crippen LogP contribution is -2.39. The van der Waals surface area contributed by atoms with Gasteiger partial charge in [0.2, 0.25) is 10.0 Å². The zero-order valence-corrected chi connectivity index (χ0v) is 10.4. The van der Waals surface area contributed by atoms with Crippen LogP contribution in [0.1, 0.15) is 13.3 Å². The van der Waals surface area contributed by atoms with Crippen LogP contribution in [0.25, 0.3) is 0 Å². The van der Waals surface area contributed by atoms with E-state index in [9.17, 15) is 18.0 Å². The molecule has 8 nitrogen and oxygen atoms in total. The molecular formula is C8H17N3O5S.